The highest BCUT2D eigenvalue weighted by Crippen LogP contribution is 2.34. The third-order valence-corrected chi connectivity index (χ3v) is 5.94. The van der Waals surface area contributed by atoms with E-state index in [-0.39, 0.29) is 15.2 Å². The summed E-state index contributed by atoms with van der Waals surface area (Å²) in [5, 5.41) is 0.0185. The minimum absolute atomic E-state index is 0.0141. The van der Waals surface area contributed by atoms with Gasteiger partial charge < -0.3 is 5.73 Å². The molecule has 0 radical (unpaired) electrons. The first kappa shape index (κ1) is 18.5. The van der Waals surface area contributed by atoms with Crippen molar-refractivity contribution in [1.29, 1.82) is 0 Å². The molecule has 0 unspecified atom stereocenters. The van der Waals surface area contributed by atoms with Crippen LogP contribution in [0.3, 0.4) is 0 Å². The molecule has 0 aliphatic heterocycles. The number of rotatable bonds is 4. The van der Waals surface area contributed by atoms with E-state index in [1.807, 2.05) is 0 Å². The van der Waals surface area contributed by atoms with E-state index in [4.69, 9.17) is 17.3 Å². The van der Waals surface area contributed by atoms with Crippen LogP contribution < -0.4 is 5.73 Å². The fourth-order valence-electron chi connectivity index (χ4n) is 1.62. The van der Waals surface area contributed by atoms with Gasteiger partial charge in [0.05, 0.1) is 9.37 Å². The number of hydrogen-bond acceptors (Lipinski definition) is 3. The van der Waals surface area contributed by atoms with Crippen molar-refractivity contribution >= 4 is 43.2 Å². The van der Waals surface area contributed by atoms with Crippen LogP contribution in [0.4, 0.5) is 18.9 Å². The van der Waals surface area contributed by atoms with E-state index in [9.17, 15) is 21.6 Å². The highest BCUT2D eigenvalue weighted by molar-refractivity contribution is 9.10. The lowest BCUT2D eigenvalue weighted by Gasteiger charge is -2.27. The zero-order valence-electron chi connectivity index (χ0n) is 11.1. The van der Waals surface area contributed by atoms with E-state index >= 15 is 0 Å². The largest absolute Gasteiger partial charge is 0.402 e. The summed E-state index contributed by atoms with van der Waals surface area (Å²) in [5.41, 5.74) is 5.61. The van der Waals surface area contributed by atoms with Crippen molar-refractivity contribution in [3.8, 4) is 0 Å². The average molecular weight is 410 g/mol. The van der Waals surface area contributed by atoms with Crippen molar-refractivity contribution in [2.75, 3.05) is 12.3 Å². The number of nitrogens with two attached hydrogens (primary N) is 1. The normalized spacial score (nSPS) is 13.2. The summed E-state index contributed by atoms with van der Waals surface area (Å²) in [6.45, 7) is 1.11. The Morgan fingerprint density at radius 1 is 1.38 bits per heavy atom. The van der Waals surface area contributed by atoms with E-state index in [0.717, 1.165) is 6.07 Å². The molecular formula is C11H13BrClF3N2O2S. The number of nitrogens with zero attached hydrogens (tertiary/aromatic N) is 1. The topological polar surface area (TPSA) is 63.4 Å². The van der Waals surface area contributed by atoms with E-state index in [0.29, 0.717) is 4.31 Å². The first-order chi connectivity index (χ1) is 9.36. The summed E-state index contributed by atoms with van der Waals surface area (Å²) in [7, 11) is -4.41. The molecule has 0 heterocycles. The van der Waals surface area contributed by atoms with E-state index in [2.05, 4.69) is 15.9 Å². The summed E-state index contributed by atoms with van der Waals surface area (Å²) in [5.74, 6) is 0. The molecule has 0 bridgehead atoms. The molecular weight excluding hydrogens is 397 g/mol. The second-order valence-electron chi connectivity index (χ2n) is 4.57. The van der Waals surface area contributed by atoms with E-state index in [1.165, 1.54) is 19.9 Å². The van der Waals surface area contributed by atoms with Gasteiger partial charge in [0.25, 0.3) is 0 Å². The maximum atomic E-state index is 12.6. The lowest BCUT2D eigenvalue weighted by Crippen LogP contribution is -2.43. The Bertz CT molecular complexity index is 635. The molecule has 0 atom stereocenters. The summed E-state index contributed by atoms with van der Waals surface area (Å²) >= 11 is 8.72. The Morgan fingerprint density at radius 2 is 1.90 bits per heavy atom. The zero-order valence-corrected chi connectivity index (χ0v) is 14.2. The van der Waals surface area contributed by atoms with Crippen LogP contribution in [0.25, 0.3) is 0 Å². The molecule has 1 aromatic rings. The first-order valence-electron chi connectivity index (χ1n) is 5.69. The Labute approximate surface area is 134 Å². The van der Waals surface area contributed by atoms with Crippen LogP contribution in [0.1, 0.15) is 13.8 Å². The van der Waals surface area contributed by atoms with Gasteiger partial charge in [-0.1, -0.05) is 11.6 Å². The number of sulfonamides is 1. The van der Waals surface area contributed by atoms with Crippen molar-refractivity contribution in [2.24, 2.45) is 0 Å². The number of nitrogen functional groups attached to an aromatic ring is 1. The smallest absolute Gasteiger partial charge is 0.398 e. The van der Waals surface area contributed by atoms with Crippen LogP contribution in [0.5, 0.6) is 0 Å². The molecule has 2 N–H and O–H groups in total. The van der Waals surface area contributed by atoms with Crippen LogP contribution in [-0.4, -0.2) is 31.5 Å². The van der Waals surface area contributed by atoms with Crippen molar-refractivity contribution < 1.29 is 21.6 Å². The summed E-state index contributed by atoms with van der Waals surface area (Å²) in [6, 6.07) is 1.47. The molecule has 21 heavy (non-hydrogen) atoms. The van der Waals surface area contributed by atoms with Gasteiger partial charge in [-0.05, 0) is 41.9 Å². The van der Waals surface area contributed by atoms with Gasteiger partial charge in [-0.2, -0.15) is 17.5 Å². The lowest BCUT2D eigenvalue weighted by atomic mass is 10.3. The molecule has 0 aliphatic rings. The molecule has 0 spiro atoms. The second kappa shape index (κ2) is 6.31. The lowest BCUT2D eigenvalue weighted by molar-refractivity contribution is -0.138. The fraction of sp³-hybridized carbons (Fsp3) is 0.455. The highest BCUT2D eigenvalue weighted by Gasteiger charge is 2.39. The maximum absolute atomic E-state index is 12.6. The van der Waals surface area contributed by atoms with Gasteiger partial charge in [-0.3, -0.25) is 0 Å². The molecule has 0 aliphatic carbocycles. The quantitative estimate of drug-likeness (QED) is 0.772. The van der Waals surface area contributed by atoms with Crippen LogP contribution in [0, 0.1) is 0 Å². The van der Waals surface area contributed by atoms with Gasteiger partial charge in [0.15, 0.2) is 0 Å². The minimum Gasteiger partial charge on any atom is -0.398 e. The number of anilines is 1. The van der Waals surface area contributed by atoms with E-state index < -0.39 is 33.7 Å². The third-order valence-electron chi connectivity index (χ3n) is 2.53. The van der Waals surface area contributed by atoms with Crippen molar-refractivity contribution in [3.05, 3.63) is 21.6 Å². The maximum Gasteiger partial charge on any atom is 0.402 e. The van der Waals surface area contributed by atoms with Gasteiger partial charge >= 0.3 is 6.18 Å². The third kappa shape index (κ3) is 4.48. The molecule has 0 fully saturated rings. The predicted octanol–water partition coefficient (Wildman–Crippen LogP) is 3.65. The molecule has 0 saturated heterocycles. The van der Waals surface area contributed by atoms with E-state index in [1.54, 1.807) is 0 Å². The number of benzene rings is 1. The Balaban J connectivity index is 3.44. The van der Waals surface area contributed by atoms with Crippen molar-refractivity contribution in [3.63, 3.8) is 0 Å². The van der Waals surface area contributed by atoms with Crippen LogP contribution in [0.15, 0.2) is 21.5 Å². The van der Waals surface area contributed by atoms with Gasteiger partial charge in [0.1, 0.15) is 6.54 Å². The Morgan fingerprint density at radius 3 is 2.33 bits per heavy atom. The molecule has 0 saturated carbocycles. The highest BCUT2D eigenvalue weighted by atomic mass is 79.9. The van der Waals surface area contributed by atoms with Gasteiger partial charge in [-0.25, -0.2) is 8.42 Å². The molecule has 0 amide bonds. The predicted molar refractivity (Wildman–Crippen MR) is 78.6 cm³/mol. The summed E-state index contributed by atoms with van der Waals surface area (Å²) in [6.07, 6.45) is -4.66. The molecule has 10 heteroatoms. The van der Waals surface area contributed by atoms with Gasteiger partial charge in [0, 0.05) is 16.8 Å². The van der Waals surface area contributed by atoms with Crippen molar-refractivity contribution in [1.82, 2.24) is 4.31 Å². The second-order valence-corrected chi connectivity index (χ2v) is 7.65. The average Bonchev–Trinajstić information content (AvgIpc) is 2.29. The monoisotopic (exact) mass is 408 g/mol. The number of hydrogen-bond donors (Lipinski definition) is 1. The summed E-state index contributed by atoms with van der Waals surface area (Å²) < 4.78 is 63.1. The van der Waals surface area contributed by atoms with Crippen LogP contribution in [0.2, 0.25) is 5.02 Å². The van der Waals surface area contributed by atoms with Crippen LogP contribution in [-0.2, 0) is 10.0 Å². The fourth-order valence-corrected chi connectivity index (χ4v) is 4.50. The van der Waals surface area contributed by atoms with Gasteiger partial charge in [0.2, 0.25) is 10.0 Å². The number of halogens is 5. The first-order valence-corrected chi connectivity index (χ1v) is 8.30. The minimum atomic E-state index is -4.66. The molecule has 120 valence electrons. The van der Waals surface area contributed by atoms with Gasteiger partial charge in [-0.15, -0.1) is 0 Å². The SMILES string of the molecule is CC(C)N(CC(F)(F)F)S(=O)(=O)c1cc(Cl)cc(N)c1Br. The standard InChI is InChI=1S/C11H13BrClF3N2O2S/c1-6(2)18(5-11(14,15)16)21(19,20)9-4-7(13)3-8(17)10(9)12/h3-4,6H,5,17H2,1-2H3. The molecule has 0 aromatic heterocycles. The number of alkyl halides is 3. The Hall–Kier alpha value is -0.510. The zero-order chi connectivity index (χ0) is 16.6. The Kier molecular flexibility index (Phi) is 5.57. The molecule has 1 rings (SSSR count). The molecule has 1 aromatic carbocycles. The molecule has 4 nitrogen and oxygen atoms in total. The van der Waals surface area contributed by atoms with Crippen LogP contribution >= 0.6 is 27.5 Å². The van der Waals surface area contributed by atoms with Crippen molar-refractivity contribution in [2.45, 2.75) is 31.0 Å². The summed E-state index contributed by atoms with van der Waals surface area (Å²) in [4.78, 5) is -0.398.